The van der Waals surface area contributed by atoms with Crippen LogP contribution in [0.2, 0.25) is 0 Å². The lowest BCUT2D eigenvalue weighted by Gasteiger charge is -2.31. The van der Waals surface area contributed by atoms with Crippen LogP contribution < -0.4 is 5.32 Å². The SMILES string of the molecule is Cn1ccc(C(=O)NCC2(O)CCOCC2)n1. The number of aromatic nitrogens is 2. The predicted molar refractivity (Wildman–Crippen MR) is 60.5 cm³/mol. The molecule has 2 rings (SSSR count). The van der Waals surface area contributed by atoms with E-state index < -0.39 is 5.60 Å². The molecule has 0 aromatic carbocycles. The smallest absolute Gasteiger partial charge is 0.271 e. The number of rotatable bonds is 3. The number of aryl methyl sites for hydroxylation is 1. The summed E-state index contributed by atoms with van der Waals surface area (Å²) in [6, 6.07) is 1.64. The molecular weight excluding hydrogens is 222 g/mol. The highest BCUT2D eigenvalue weighted by atomic mass is 16.5. The highest BCUT2D eigenvalue weighted by Gasteiger charge is 2.30. The molecule has 0 saturated carbocycles. The molecule has 6 heteroatoms. The van der Waals surface area contributed by atoms with E-state index in [1.807, 2.05) is 0 Å². The molecule has 1 aliphatic rings. The molecule has 1 aromatic heterocycles. The molecule has 17 heavy (non-hydrogen) atoms. The van der Waals surface area contributed by atoms with Crippen molar-refractivity contribution >= 4 is 5.91 Å². The van der Waals surface area contributed by atoms with Crippen LogP contribution in [-0.2, 0) is 11.8 Å². The lowest BCUT2D eigenvalue weighted by atomic mass is 9.94. The summed E-state index contributed by atoms with van der Waals surface area (Å²) in [7, 11) is 1.75. The van der Waals surface area contributed by atoms with Crippen LogP contribution in [0.25, 0.3) is 0 Å². The Labute approximate surface area is 99.6 Å². The van der Waals surface area contributed by atoms with Gasteiger partial charge in [0.25, 0.3) is 5.91 Å². The van der Waals surface area contributed by atoms with Gasteiger partial charge < -0.3 is 15.2 Å². The minimum atomic E-state index is -0.845. The van der Waals surface area contributed by atoms with Crippen LogP contribution >= 0.6 is 0 Å². The van der Waals surface area contributed by atoms with Gasteiger partial charge in [0, 0.05) is 45.8 Å². The minimum absolute atomic E-state index is 0.242. The number of hydrogen-bond acceptors (Lipinski definition) is 4. The molecule has 2 heterocycles. The first-order valence-corrected chi connectivity index (χ1v) is 5.67. The number of nitrogens with zero attached hydrogens (tertiary/aromatic N) is 2. The van der Waals surface area contributed by atoms with Gasteiger partial charge in [-0.25, -0.2) is 0 Å². The molecular formula is C11H17N3O3. The molecule has 1 fully saturated rings. The third kappa shape index (κ3) is 3.04. The largest absolute Gasteiger partial charge is 0.388 e. The van der Waals surface area contributed by atoms with Crippen LogP contribution in [0.3, 0.4) is 0 Å². The van der Waals surface area contributed by atoms with Gasteiger partial charge in [-0.1, -0.05) is 0 Å². The third-order valence-electron chi connectivity index (χ3n) is 2.95. The van der Waals surface area contributed by atoms with Gasteiger partial charge >= 0.3 is 0 Å². The molecule has 0 aliphatic carbocycles. The summed E-state index contributed by atoms with van der Waals surface area (Å²) in [6.45, 7) is 1.32. The van der Waals surface area contributed by atoms with Crippen molar-refractivity contribution in [2.45, 2.75) is 18.4 Å². The molecule has 1 saturated heterocycles. The molecule has 2 N–H and O–H groups in total. The lowest BCUT2D eigenvalue weighted by molar-refractivity contribution is -0.0605. The fourth-order valence-electron chi connectivity index (χ4n) is 1.80. The lowest BCUT2D eigenvalue weighted by Crippen LogP contribution is -2.46. The van der Waals surface area contributed by atoms with Crippen LogP contribution in [-0.4, -0.2) is 46.2 Å². The van der Waals surface area contributed by atoms with E-state index in [0.717, 1.165) is 0 Å². The van der Waals surface area contributed by atoms with Crippen molar-refractivity contribution in [3.8, 4) is 0 Å². The topological polar surface area (TPSA) is 76.4 Å². The van der Waals surface area contributed by atoms with Gasteiger partial charge in [-0.2, -0.15) is 5.10 Å². The average Bonchev–Trinajstić information content (AvgIpc) is 2.74. The molecule has 0 unspecified atom stereocenters. The van der Waals surface area contributed by atoms with Crippen molar-refractivity contribution in [2.24, 2.45) is 7.05 Å². The molecule has 0 atom stereocenters. The molecule has 0 bridgehead atoms. The Hall–Kier alpha value is -1.40. The molecule has 0 radical (unpaired) electrons. The normalized spacial score (nSPS) is 18.9. The van der Waals surface area contributed by atoms with E-state index in [1.165, 1.54) is 0 Å². The van der Waals surface area contributed by atoms with Gasteiger partial charge in [-0.15, -0.1) is 0 Å². The first kappa shape index (κ1) is 12.1. The van der Waals surface area contributed by atoms with Gasteiger partial charge in [0.05, 0.1) is 5.60 Å². The summed E-state index contributed by atoms with van der Waals surface area (Å²) in [6.07, 6.45) is 2.81. The molecule has 94 valence electrons. The number of carbonyl (C=O) groups is 1. The fourth-order valence-corrected chi connectivity index (χ4v) is 1.80. The fraction of sp³-hybridized carbons (Fsp3) is 0.636. The number of aliphatic hydroxyl groups is 1. The zero-order valence-corrected chi connectivity index (χ0v) is 9.85. The van der Waals surface area contributed by atoms with Gasteiger partial charge in [0.2, 0.25) is 0 Å². The summed E-state index contributed by atoms with van der Waals surface area (Å²) in [4.78, 5) is 11.7. The summed E-state index contributed by atoms with van der Waals surface area (Å²) < 4.78 is 6.74. The highest BCUT2D eigenvalue weighted by Crippen LogP contribution is 2.19. The standard InChI is InChI=1S/C11H17N3O3/c1-14-5-2-9(13-14)10(15)12-8-11(16)3-6-17-7-4-11/h2,5,16H,3-4,6-8H2,1H3,(H,12,15). The molecule has 1 aliphatic heterocycles. The van der Waals surface area contributed by atoms with Gasteiger partial charge in [-0.3, -0.25) is 9.48 Å². The van der Waals surface area contributed by atoms with Crippen molar-refractivity contribution < 1.29 is 14.6 Å². The van der Waals surface area contributed by atoms with Gasteiger partial charge in [0.1, 0.15) is 5.69 Å². The van der Waals surface area contributed by atoms with Crippen molar-refractivity contribution in [3.63, 3.8) is 0 Å². The van der Waals surface area contributed by atoms with E-state index in [1.54, 1.807) is 24.0 Å². The maximum absolute atomic E-state index is 11.7. The van der Waals surface area contributed by atoms with E-state index in [4.69, 9.17) is 4.74 Å². The van der Waals surface area contributed by atoms with Crippen LogP contribution in [0, 0.1) is 0 Å². The Morgan fingerprint density at radius 1 is 1.65 bits per heavy atom. The summed E-state index contributed by atoms with van der Waals surface area (Å²) in [5.74, 6) is -0.259. The highest BCUT2D eigenvalue weighted by molar-refractivity contribution is 5.92. The van der Waals surface area contributed by atoms with Crippen LogP contribution in [0.15, 0.2) is 12.3 Å². The Morgan fingerprint density at radius 2 is 2.35 bits per heavy atom. The maximum Gasteiger partial charge on any atom is 0.271 e. The van der Waals surface area contributed by atoms with Gasteiger partial charge in [-0.05, 0) is 6.07 Å². The predicted octanol–water partition coefficient (Wildman–Crippen LogP) is -0.309. The summed E-state index contributed by atoms with van der Waals surface area (Å²) in [5, 5.41) is 16.8. The number of ether oxygens (including phenoxy) is 1. The average molecular weight is 239 g/mol. The molecule has 1 amide bonds. The zero-order valence-electron chi connectivity index (χ0n) is 9.85. The second-order valence-corrected chi connectivity index (χ2v) is 4.39. The van der Waals surface area contributed by atoms with E-state index in [-0.39, 0.29) is 12.5 Å². The van der Waals surface area contributed by atoms with Gasteiger partial charge in [0.15, 0.2) is 0 Å². The van der Waals surface area contributed by atoms with Crippen molar-refractivity contribution in [2.75, 3.05) is 19.8 Å². The monoisotopic (exact) mass is 239 g/mol. The molecule has 6 nitrogen and oxygen atoms in total. The first-order chi connectivity index (χ1) is 8.09. The van der Waals surface area contributed by atoms with Crippen LogP contribution in [0.1, 0.15) is 23.3 Å². The van der Waals surface area contributed by atoms with E-state index in [2.05, 4.69) is 10.4 Å². The van der Waals surface area contributed by atoms with Crippen LogP contribution in [0.4, 0.5) is 0 Å². The quantitative estimate of drug-likeness (QED) is 0.758. The Kier molecular flexibility index (Phi) is 3.44. The van der Waals surface area contributed by atoms with Crippen LogP contribution in [0.5, 0.6) is 0 Å². The third-order valence-corrected chi connectivity index (χ3v) is 2.95. The Morgan fingerprint density at radius 3 is 2.94 bits per heavy atom. The zero-order chi connectivity index (χ0) is 12.3. The molecule has 1 aromatic rings. The van der Waals surface area contributed by atoms with Crippen molar-refractivity contribution in [1.82, 2.24) is 15.1 Å². The Bertz CT molecular complexity index is 396. The first-order valence-electron chi connectivity index (χ1n) is 5.67. The van der Waals surface area contributed by atoms with E-state index >= 15 is 0 Å². The van der Waals surface area contributed by atoms with Crippen molar-refractivity contribution in [1.29, 1.82) is 0 Å². The number of hydrogen-bond donors (Lipinski definition) is 2. The van der Waals surface area contributed by atoms with E-state index in [0.29, 0.717) is 31.7 Å². The second kappa shape index (κ2) is 4.85. The Balaban J connectivity index is 1.87. The number of amides is 1. The van der Waals surface area contributed by atoms with E-state index in [9.17, 15) is 9.90 Å². The summed E-state index contributed by atoms with van der Waals surface area (Å²) >= 11 is 0. The molecule has 0 spiro atoms. The summed E-state index contributed by atoms with van der Waals surface area (Å²) in [5.41, 5.74) is -0.481. The minimum Gasteiger partial charge on any atom is -0.388 e. The number of nitrogens with one attached hydrogen (secondary N) is 1. The van der Waals surface area contributed by atoms with Crippen molar-refractivity contribution in [3.05, 3.63) is 18.0 Å². The number of carbonyl (C=O) groups excluding carboxylic acids is 1. The maximum atomic E-state index is 11.7. The second-order valence-electron chi connectivity index (χ2n) is 4.39.